The van der Waals surface area contributed by atoms with E-state index in [9.17, 15) is 14.4 Å². The molecule has 0 bridgehead atoms. The Labute approximate surface area is 256 Å². The van der Waals surface area contributed by atoms with Crippen molar-refractivity contribution in [2.75, 3.05) is 12.0 Å². The van der Waals surface area contributed by atoms with E-state index in [-0.39, 0.29) is 22.1 Å². The summed E-state index contributed by atoms with van der Waals surface area (Å²) in [6, 6.07) is 21.1. The number of hydrogen-bond acceptors (Lipinski definition) is 7. The Morgan fingerprint density at radius 3 is 2.40 bits per heavy atom. The van der Waals surface area contributed by atoms with Crippen molar-refractivity contribution in [2.24, 2.45) is 4.99 Å². The van der Waals surface area contributed by atoms with Crippen LogP contribution in [0.25, 0.3) is 5.57 Å². The fourth-order valence-corrected chi connectivity index (χ4v) is 6.70. The van der Waals surface area contributed by atoms with Gasteiger partial charge >= 0.3 is 5.97 Å². The number of methoxy groups -OCH3 is 1. The number of esters is 1. The Kier molecular flexibility index (Phi) is 7.54. The lowest BCUT2D eigenvalue weighted by molar-refractivity contribution is -0.143. The number of benzene rings is 3. The standard InChI is InChI=1S/C33H28ClN3O5S/c1-18(2)42-32(40)26-19(3)35-33-37(28(26)21-11-15-23(41-4)16-12-21)31(39)29(43-33)27-24-7-5-6-8-25(24)36(30(27)38)17-20-9-13-22(34)14-10-20/h5-16,18,28H,17H2,1-4H3/b29-27-. The Hall–Kier alpha value is -4.47. The van der Waals surface area contributed by atoms with Gasteiger partial charge in [0, 0.05) is 10.6 Å². The molecule has 3 aromatic carbocycles. The number of thiazole rings is 1. The first-order valence-electron chi connectivity index (χ1n) is 13.7. The average Bonchev–Trinajstić information content (AvgIpc) is 3.45. The van der Waals surface area contributed by atoms with E-state index in [1.807, 2.05) is 48.5 Å². The highest BCUT2D eigenvalue weighted by molar-refractivity contribution is 7.07. The van der Waals surface area contributed by atoms with Crippen molar-refractivity contribution in [1.82, 2.24) is 4.57 Å². The molecule has 0 spiro atoms. The van der Waals surface area contributed by atoms with Gasteiger partial charge in [0.1, 0.15) is 10.3 Å². The molecule has 0 saturated carbocycles. The van der Waals surface area contributed by atoms with Gasteiger partial charge in [0.2, 0.25) is 0 Å². The van der Waals surface area contributed by atoms with Crippen molar-refractivity contribution in [3.63, 3.8) is 0 Å². The maximum absolute atomic E-state index is 14.4. The number of anilines is 1. The molecule has 1 atom stereocenters. The summed E-state index contributed by atoms with van der Waals surface area (Å²) in [4.78, 5) is 48.6. The summed E-state index contributed by atoms with van der Waals surface area (Å²) in [6.07, 6.45) is -0.365. The summed E-state index contributed by atoms with van der Waals surface area (Å²) in [5, 5.41) is 0.608. The van der Waals surface area contributed by atoms with E-state index < -0.39 is 17.6 Å². The number of nitrogens with zero attached hydrogens (tertiary/aromatic N) is 3. The number of amides is 1. The van der Waals surface area contributed by atoms with Gasteiger partial charge in [-0.25, -0.2) is 9.79 Å². The number of aromatic nitrogens is 1. The number of para-hydroxylation sites is 1. The van der Waals surface area contributed by atoms with E-state index in [1.165, 1.54) is 4.57 Å². The van der Waals surface area contributed by atoms with Crippen LogP contribution >= 0.6 is 22.9 Å². The second-order valence-electron chi connectivity index (χ2n) is 10.5. The summed E-state index contributed by atoms with van der Waals surface area (Å²) < 4.78 is 12.7. The molecule has 1 amide bonds. The minimum Gasteiger partial charge on any atom is -0.497 e. The van der Waals surface area contributed by atoms with E-state index in [1.54, 1.807) is 57.0 Å². The van der Waals surface area contributed by atoms with Gasteiger partial charge in [-0.15, -0.1) is 0 Å². The molecule has 218 valence electrons. The van der Waals surface area contributed by atoms with Crippen LogP contribution in [-0.2, 0) is 20.9 Å². The number of fused-ring (bicyclic) bond motifs is 2. The highest BCUT2D eigenvalue weighted by Gasteiger charge is 2.37. The van der Waals surface area contributed by atoms with Crippen LogP contribution in [0.15, 0.2) is 93.9 Å². The lowest BCUT2D eigenvalue weighted by atomic mass is 9.95. The van der Waals surface area contributed by atoms with E-state index in [4.69, 9.17) is 21.1 Å². The van der Waals surface area contributed by atoms with Gasteiger partial charge in [0.25, 0.3) is 11.5 Å². The monoisotopic (exact) mass is 613 g/mol. The number of ether oxygens (including phenoxy) is 2. The van der Waals surface area contributed by atoms with Crippen molar-refractivity contribution in [2.45, 2.75) is 39.5 Å². The van der Waals surface area contributed by atoms with E-state index in [2.05, 4.69) is 4.99 Å². The van der Waals surface area contributed by atoms with Gasteiger partial charge in [-0.1, -0.05) is 65.4 Å². The van der Waals surface area contributed by atoms with Crippen LogP contribution in [0.2, 0.25) is 5.02 Å². The second-order valence-corrected chi connectivity index (χ2v) is 12.0. The molecule has 10 heteroatoms. The predicted octanol–water partition coefficient (Wildman–Crippen LogP) is 4.77. The number of halogens is 1. The average molecular weight is 614 g/mol. The smallest absolute Gasteiger partial charge is 0.338 e. The lowest BCUT2D eigenvalue weighted by Crippen LogP contribution is -2.41. The molecule has 43 heavy (non-hydrogen) atoms. The Balaban J connectivity index is 1.55. The van der Waals surface area contributed by atoms with Crippen molar-refractivity contribution < 1.29 is 19.1 Å². The summed E-state index contributed by atoms with van der Waals surface area (Å²) in [7, 11) is 1.57. The first-order chi connectivity index (χ1) is 20.7. The number of allylic oxidation sites excluding steroid dienone is 1. The van der Waals surface area contributed by atoms with Crippen LogP contribution in [0.1, 0.15) is 43.5 Å². The molecule has 2 aliphatic rings. The maximum Gasteiger partial charge on any atom is 0.338 e. The molecule has 4 aromatic rings. The molecule has 1 aromatic heterocycles. The molecule has 1 unspecified atom stereocenters. The van der Waals surface area contributed by atoms with Gasteiger partial charge in [-0.2, -0.15) is 0 Å². The summed E-state index contributed by atoms with van der Waals surface area (Å²) in [5.74, 6) is -0.191. The molecule has 0 fully saturated rings. The molecule has 0 N–H and O–H groups in total. The topological polar surface area (TPSA) is 90.2 Å². The molecule has 0 aliphatic carbocycles. The molecule has 6 rings (SSSR count). The number of carbonyl (C=O) groups is 2. The highest BCUT2D eigenvalue weighted by atomic mass is 35.5. The molecule has 8 nitrogen and oxygen atoms in total. The van der Waals surface area contributed by atoms with E-state index >= 15 is 0 Å². The van der Waals surface area contributed by atoms with Crippen LogP contribution in [0.3, 0.4) is 0 Å². The molecular weight excluding hydrogens is 586 g/mol. The van der Waals surface area contributed by atoms with Gasteiger partial charge in [0.15, 0.2) is 4.80 Å². The zero-order valence-electron chi connectivity index (χ0n) is 24.0. The third kappa shape index (κ3) is 5.08. The fraction of sp³-hybridized carbons (Fsp3) is 0.212. The molecular formula is C33H28ClN3O5S. The Morgan fingerprint density at radius 1 is 1.02 bits per heavy atom. The van der Waals surface area contributed by atoms with Crippen LogP contribution < -0.4 is 24.5 Å². The van der Waals surface area contributed by atoms with Crippen LogP contribution in [0, 0.1) is 0 Å². The zero-order chi connectivity index (χ0) is 30.4. The first-order valence-corrected chi connectivity index (χ1v) is 14.9. The lowest BCUT2D eigenvalue weighted by Gasteiger charge is -2.25. The van der Waals surface area contributed by atoms with Gasteiger partial charge in [-0.3, -0.25) is 14.2 Å². The molecule has 0 radical (unpaired) electrons. The van der Waals surface area contributed by atoms with Crippen LogP contribution in [0.5, 0.6) is 5.75 Å². The Morgan fingerprint density at radius 2 is 1.72 bits per heavy atom. The highest BCUT2D eigenvalue weighted by Crippen LogP contribution is 2.37. The molecule has 3 heterocycles. The van der Waals surface area contributed by atoms with Gasteiger partial charge in [0.05, 0.1) is 48.3 Å². The van der Waals surface area contributed by atoms with Crippen molar-refractivity contribution in [1.29, 1.82) is 0 Å². The minimum absolute atomic E-state index is 0.264. The predicted molar refractivity (Wildman–Crippen MR) is 166 cm³/mol. The number of rotatable bonds is 6. The minimum atomic E-state index is -0.806. The molecule has 2 aliphatic heterocycles. The fourth-order valence-electron chi connectivity index (χ4n) is 5.44. The molecule has 0 saturated heterocycles. The maximum atomic E-state index is 14.4. The van der Waals surface area contributed by atoms with E-state index in [0.717, 1.165) is 16.9 Å². The Bertz CT molecular complexity index is 1970. The third-order valence-corrected chi connectivity index (χ3v) is 8.70. The zero-order valence-corrected chi connectivity index (χ0v) is 25.5. The van der Waals surface area contributed by atoms with Crippen molar-refractivity contribution >= 4 is 46.1 Å². The quantitative estimate of drug-likeness (QED) is 0.292. The largest absolute Gasteiger partial charge is 0.497 e. The van der Waals surface area contributed by atoms with Crippen molar-refractivity contribution in [3.05, 3.63) is 125 Å². The third-order valence-electron chi connectivity index (χ3n) is 7.40. The SMILES string of the molecule is COc1ccc(C2C(C(=O)OC(C)C)=C(C)N=c3s/c(=C4\C(=O)N(Cc5ccc(Cl)cc5)c5ccccc54)c(=O)n32)cc1. The van der Waals surface area contributed by atoms with E-state index in [0.29, 0.717) is 50.2 Å². The normalized spacial score (nSPS) is 17.1. The summed E-state index contributed by atoms with van der Waals surface area (Å²) >= 11 is 7.22. The van der Waals surface area contributed by atoms with Crippen LogP contribution in [-0.4, -0.2) is 29.7 Å². The summed E-state index contributed by atoms with van der Waals surface area (Å²) in [5.41, 5.74) is 3.60. The second kappa shape index (κ2) is 11.3. The van der Waals surface area contributed by atoms with Crippen molar-refractivity contribution in [3.8, 4) is 5.75 Å². The summed E-state index contributed by atoms with van der Waals surface area (Å²) in [6.45, 7) is 5.59. The number of hydrogen-bond donors (Lipinski definition) is 0. The van der Waals surface area contributed by atoms with Gasteiger partial charge < -0.3 is 14.4 Å². The number of carbonyl (C=O) groups excluding carboxylic acids is 2. The first kappa shape index (κ1) is 28.6. The van der Waals surface area contributed by atoms with Gasteiger partial charge in [-0.05, 0) is 62.2 Å². The van der Waals surface area contributed by atoms with Crippen LogP contribution in [0.4, 0.5) is 5.69 Å².